The van der Waals surface area contributed by atoms with Crippen molar-refractivity contribution in [1.82, 2.24) is 9.97 Å². The monoisotopic (exact) mass is 280 g/mol. The number of para-hydroxylation sites is 1. The van der Waals surface area contributed by atoms with Crippen molar-refractivity contribution in [3.8, 4) is 11.5 Å². The van der Waals surface area contributed by atoms with Gasteiger partial charge < -0.3 is 9.72 Å². The molecule has 0 fully saturated rings. The molecule has 0 spiro atoms. The fourth-order valence-electron chi connectivity index (χ4n) is 2.35. The van der Waals surface area contributed by atoms with Crippen LogP contribution in [0.25, 0.3) is 21.1 Å². The highest BCUT2D eigenvalue weighted by atomic mass is 32.1. The minimum atomic E-state index is 0.810. The summed E-state index contributed by atoms with van der Waals surface area (Å²) in [4.78, 5) is 7.71. The average Bonchev–Trinajstić information content (AvgIpc) is 3.03. The van der Waals surface area contributed by atoms with Crippen LogP contribution in [0.5, 0.6) is 11.5 Å². The third kappa shape index (κ3) is 1.85. The molecular weight excluding hydrogens is 268 g/mol. The van der Waals surface area contributed by atoms with E-state index in [0.29, 0.717) is 0 Å². The second-order valence-electron chi connectivity index (χ2n) is 4.66. The minimum Gasteiger partial charge on any atom is -0.455 e. The van der Waals surface area contributed by atoms with Gasteiger partial charge in [-0.25, -0.2) is 4.98 Å². The van der Waals surface area contributed by atoms with Crippen molar-refractivity contribution in [3.63, 3.8) is 0 Å². The van der Waals surface area contributed by atoms with Crippen molar-refractivity contribution >= 4 is 32.5 Å². The highest BCUT2D eigenvalue weighted by Crippen LogP contribution is 2.31. The molecular formula is C16H12N2OS. The molecule has 0 saturated heterocycles. The van der Waals surface area contributed by atoms with Crippen molar-refractivity contribution in [3.05, 3.63) is 53.7 Å². The lowest BCUT2D eigenvalue weighted by molar-refractivity contribution is 0.488. The van der Waals surface area contributed by atoms with Crippen LogP contribution in [0.1, 0.15) is 5.01 Å². The number of nitrogens with one attached hydrogen (secondary N) is 1. The van der Waals surface area contributed by atoms with E-state index in [9.17, 15) is 0 Å². The van der Waals surface area contributed by atoms with Crippen LogP contribution < -0.4 is 4.74 Å². The Morgan fingerprint density at radius 3 is 3.05 bits per heavy atom. The van der Waals surface area contributed by atoms with Gasteiger partial charge in [-0.15, -0.1) is 11.3 Å². The van der Waals surface area contributed by atoms with E-state index in [0.717, 1.165) is 32.9 Å². The Labute approximate surface area is 119 Å². The number of thiazole rings is 1. The molecule has 0 bridgehead atoms. The van der Waals surface area contributed by atoms with Gasteiger partial charge >= 0.3 is 0 Å². The van der Waals surface area contributed by atoms with Crippen molar-refractivity contribution in [1.29, 1.82) is 0 Å². The number of nitrogens with zero attached hydrogens (tertiary/aromatic N) is 1. The zero-order valence-electron chi connectivity index (χ0n) is 10.9. The van der Waals surface area contributed by atoms with E-state index in [1.54, 1.807) is 11.3 Å². The molecule has 1 N–H and O–H groups in total. The Morgan fingerprint density at radius 1 is 1.15 bits per heavy atom. The Hall–Kier alpha value is -2.33. The van der Waals surface area contributed by atoms with Gasteiger partial charge in [0.2, 0.25) is 0 Å². The van der Waals surface area contributed by atoms with E-state index in [1.807, 2.05) is 43.5 Å². The van der Waals surface area contributed by atoms with Crippen LogP contribution in [-0.2, 0) is 0 Å². The molecule has 2 heterocycles. The lowest BCUT2D eigenvalue weighted by Gasteiger charge is -2.06. The summed E-state index contributed by atoms with van der Waals surface area (Å²) in [6.07, 6.45) is 1.92. The van der Waals surface area contributed by atoms with Crippen LogP contribution in [0.3, 0.4) is 0 Å². The normalized spacial score (nSPS) is 11.2. The Kier molecular flexibility index (Phi) is 2.50. The van der Waals surface area contributed by atoms with Crippen molar-refractivity contribution in [2.45, 2.75) is 6.92 Å². The first kappa shape index (κ1) is 11.5. The molecule has 4 aromatic rings. The standard InChI is InChI=1S/C16H12N2OS/c1-10-18-13-9-12(5-6-15(13)20-10)19-14-4-2-3-11-7-8-17-16(11)14/h2-9,17H,1H3. The predicted octanol–water partition coefficient (Wildman–Crippen LogP) is 4.88. The molecule has 4 rings (SSSR count). The zero-order valence-corrected chi connectivity index (χ0v) is 11.7. The summed E-state index contributed by atoms with van der Waals surface area (Å²) in [5, 5.41) is 2.22. The molecule has 20 heavy (non-hydrogen) atoms. The van der Waals surface area contributed by atoms with Gasteiger partial charge in [-0.1, -0.05) is 12.1 Å². The first-order valence-corrected chi connectivity index (χ1v) is 7.22. The van der Waals surface area contributed by atoms with Crippen LogP contribution in [0, 0.1) is 6.92 Å². The first-order chi connectivity index (χ1) is 9.79. The van der Waals surface area contributed by atoms with Crippen LogP contribution in [0.2, 0.25) is 0 Å². The third-order valence-corrected chi connectivity index (χ3v) is 4.19. The maximum absolute atomic E-state index is 6.00. The summed E-state index contributed by atoms with van der Waals surface area (Å²) in [5.74, 6) is 1.64. The molecule has 0 saturated carbocycles. The summed E-state index contributed by atoms with van der Waals surface area (Å²) in [5.41, 5.74) is 2.01. The maximum atomic E-state index is 6.00. The highest BCUT2D eigenvalue weighted by Gasteiger charge is 2.06. The number of hydrogen-bond acceptors (Lipinski definition) is 3. The van der Waals surface area contributed by atoms with Gasteiger partial charge in [-0.3, -0.25) is 0 Å². The number of hydrogen-bond donors (Lipinski definition) is 1. The van der Waals surface area contributed by atoms with Crippen LogP contribution in [0.4, 0.5) is 0 Å². The summed E-state index contributed by atoms with van der Waals surface area (Å²) < 4.78 is 7.19. The van der Waals surface area contributed by atoms with E-state index in [4.69, 9.17) is 4.74 Å². The van der Waals surface area contributed by atoms with Gasteiger partial charge in [0, 0.05) is 17.6 Å². The van der Waals surface area contributed by atoms with Crippen LogP contribution in [0.15, 0.2) is 48.7 Å². The van der Waals surface area contributed by atoms with E-state index in [2.05, 4.69) is 22.1 Å². The van der Waals surface area contributed by atoms with Gasteiger partial charge in [0.25, 0.3) is 0 Å². The SMILES string of the molecule is Cc1nc2cc(Oc3cccc4cc[nH]c34)ccc2s1. The number of benzene rings is 2. The van der Waals surface area contributed by atoms with E-state index < -0.39 is 0 Å². The van der Waals surface area contributed by atoms with Gasteiger partial charge in [-0.2, -0.15) is 0 Å². The number of aryl methyl sites for hydroxylation is 1. The van der Waals surface area contributed by atoms with Crippen LogP contribution >= 0.6 is 11.3 Å². The number of fused-ring (bicyclic) bond motifs is 2. The number of aromatic nitrogens is 2. The molecule has 0 aliphatic heterocycles. The lowest BCUT2D eigenvalue weighted by atomic mass is 10.2. The fraction of sp³-hybridized carbons (Fsp3) is 0.0625. The van der Waals surface area contributed by atoms with Gasteiger partial charge in [0.15, 0.2) is 5.75 Å². The summed E-state index contributed by atoms with van der Waals surface area (Å²) in [6, 6.07) is 14.1. The molecule has 98 valence electrons. The molecule has 0 amide bonds. The Bertz CT molecular complexity index is 907. The number of aromatic amines is 1. The third-order valence-electron chi connectivity index (χ3n) is 3.24. The largest absolute Gasteiger partial charge is 0.455 e. The fourth-order valence-corrected chi connectivity index (χ4v) is 3.16. The molecule has 0 radical (unpaired) electrons. The molecule has 0 aliphatic carbocycles. The topological polar surface area (TPSA) is 37.9 Å². The van der Waals surface area contributed by atoms with Crippen molar-refractivity contribution in [2.24, 2.45) is 0 Å². The lowest BCUT2D eigenvalue weighted by Crippen LogP contribution is -1.85. The summed E-state index contributed by atoms with van der Waals surface area (Å²) in [6.45, 7) is 2.02. The zero-order chi connectivity index (χ0) is 13.5. The van der Waals surface area contributed by atoms with E-state index in [-0.39, 0.29) is 0 Å². The molecule has 2 aromatic carbocycles. The molecule has 0 unspecified atom stereocenters. The van der Waals surface area contributed by atoms with Crippen molar-refractivity contribution in [2.75, 3.05) is 0 Å². The Balaban J connectivity index is 1.78. The molecule has 2 aromatic heterocycles. The Morgan fingerprint density at radius 2 is 2.10 bits per heavy atom. The molecule has 0 atom stereocenters. The minimum absolute atomic E-state index is 0.810. The van der Waals surface area contributed by atoms with E-state index in [1.165, 1.54) is 4.70 Å². The predicted molar refractivity (Wildman–Crippen MR) is 82.7 cm³/mol. The molecule has 4 heteroatoms. The molecule has 3 nitrogen and oxygen atoms in total. The number of H-pyrrole nitrogens is 1. The van der Waals surface area contributed by atoms with Crippen LogP contribution in [-0.4, -0.2) is 9.97 Å². The number of ether oxygens (including phenoxy) is 1. The average molecular weight is 280 g/mol. The van der Waals surface area contributed by atoms with Crippen molar-refractivity contribution < 1.29 is 4.74 Å². The smallest absolute Gasteiger partial charge is 0.151 e. The van der Waals surface area contributed by atoms with Gasteiger partial charge in [0.05, 0.1) is 20.7 Å². The second kappa shape index (κ2) is 4.35. The second-order valence-corrected chi connectivity index (χ2v) is 5.90. The highest BCUT2D eigenvalue weighted by molar-refractivity contribution is 7.18. The van der Waals surface area contributed by atoms with Gasteiger partial charge in [-0.05, 0) is 31.2 Å². The van der Waals surface area contributed by atoms with Gasteiger partial charge in [0.1, 0.15) is 5.75 Å². The summed E-state index contributed by atoms with van der Waals surface area (Å²) >= 11 is 1.70. The molecule has 0 aliphatic rings. The number of rotatable bonds is 2. The summed E-state index contributed by atoms with van der Waals surface area (Å²) in [7, 11) is 0. The maximum Gasteiger partial charge on any atom is 0.151 e. The quantitative estimate of drug-likeness (QED) is 0.568. The van der Waals surface area contributed by atoms with E-state index >= 15 is 0 Å². The first-order valence-electron chi connectivity index (χ1n) is 6.41.